The van der Waals surface area contributed by atoms with Gasteiger partial charge in [-0.3, -0.25) is 9.82 Å². The molecule has 3 rings (SSSR count). The van der Waals surface area contributed by atoms with Crippen LogP contribution in [0.1, 0.15) is 0 Å². The van der Waals surface area contributed by atoms with Crippen molar-refractivity contribution < 1.29 is 8.42 Å². The number of halogens is 1. The summed E-state index contributed by atoms with van der Waals surface area (Å²) in [5.41, 5.74) is 0.780. The molecule has 0 unspecified atom stereocenters. The summed E-state index contributed by atoms with van der Waals surface area (Å²) in [6.45, 7) is 0. The van der Waals surface area contributed by atoms with Crippen LogP contribution in [0.15, 0.2) is 48.1 Å². The van der Waals surface area contributed by atoms with Crippen LogP contribution >= 0.6 is 11.6 Å². The average molecular weight is 325 g/mol. The summed E-state index contributed by atoms with van der Waals surface area (Å²) in [4.78, 5) is 3.83. The Hall–Kier alpha value is -2.39. The van der Waals surface area contributed by atoms with Gasteiger partial charge in [-0.25, -0.2) is 9.67 Å². The topological polar surface area (TPSA) is 106 Å². The van der Waals surface area contributed by atoms with Crippen LogP contribution < -0.4 is 4.72 Å². The lowest BCUT2D eigenvalue weighted by molar-refractivity contribution is 0.597. The van der Waals surface area contributed by atoms with Crippen LogP contribution in [0.4, 0.5) is 5.69 Å². The monoisotopic (exact) mass is 324 g/mol. The third-order valence-corrected chi connectivity index (χ3v) is 4.16. The van der Waals surface area contributed by atoms with Gasteiger partial charge in [0.15, 0.2) is 5.03 Å². The van der Waals surface area contributed by atoms with Gasteiger partial charge in [-0.15, -0.1) is 0 Å². The van der Waals surface area contributed by atoms with Gasteiger partial charge in [-0.05, 0) is 24.3 Å². The number of hydrogen-bond donors (Lipinski definition) is 2. The van der Waals surface area contributed by atoms with Gasteiger partial charge in [0.05, 0.1) is 17.6 Å². The molecule has 2 heterocycles. The van der Waals surface area contributed by atoms with E-state index >= 15 is 0 Å². The summed E-state index contributed by atoms with van der Waals surface area (Å²) in [6, 6.07) is 6.11. The lowest BCUT2D eigenvalue weighted by Crippen LogP contribution is -2.15. The number of nitrogens with zero attached hydrogens (tertiary/aromatic N) is 4. The number of aromatic amines is 1. The van der Waals surface area contributed by atoms with Crippen LogP contribution in [0, 0.1) is 0 Å². The third-order valence-electron chi connectivity index (χ3n) is 2.63. The van der Waals surface area contributed by atoms with E-state index in [2.05, 4.69) is 25.0 Å². The van der Waals surface area contributed by atoms with Gasteiger partial charge < -0.3 is 0 Å². The van der Waals surface area contributed by atoms with Crippen molar-refractivity contribution >= 4 is 27.3 Å². The number of aromatic nitrogens is 5. The Morgan fingerprint density at radius 1 is 1.29 bits per heavy atom. The summed E-state index contributed by atoms with van der Waals surface area (Å²) in [7, 11) is -3.79. The van der Waals surface area contributed by atoms with Crippen LogP contribution in [-0.4, -0.2) is 33.4 Å². The van der Waals surface area contributed by atoms with Gasteiger partial charge >= 0.3 is 0 Å². The van der Waals surface area contributed by atoms with Crippen molar-refractivity contribution in [2.45, 2.75) is 5.03 Å². The normalized spacial score (nSPS) is 11.5. The van der Waals surface area contributed by atoms with Gasteiger partial charge in [0.25, 0.3) is 10.0 Å². The van der Waals surface area contributed by atoms with E-state index < -0.39 is 10.0 Å². The minimum atomic E-state index is -3.79. The third kappa shape index (κ3) is 2.73. The molecule has 0 bridgehead atoms. The number of rotatable bonds is 4. The zero-order chi connectivity index (χ0) is 14.9. The fourth-order valence-electron chi connectivity index (χ4n) is 1.71. The molecule has 0 saturated carbocycles. The summed E-state index contributed by atoms with van der Waals surface area (Å²) in [5.74, 6) is 0. The number of H-pyrrole nitrogens is 1. The molecule has 2 N–H and O–H groups in total. The number of benzene rings is 1. The van der Waals surface area contributed by atoms with E-state index in [1.807, 2.05) is 0 Å². The molecule has 21 heavy (non-hydrogen) atoms. The average Bonchev–Trinajstić information content (AvgIpc) is 3.12. The molecule has 0 fully saturated rings. The van der Waals surface area contributed by atoms with Crippen molar-refractivity contribution in [3.63, 3.8) is 0 Å². The molecule has 0 aliphatic carbocycles. The Bertz CT molecular complexity index is 845. The zero-order valence-corrected chi connectivity index (χ0v) is 12.0. The summed E-state index contributed by atoms with van der Waals surface area (Å²) in [6.07, 6.45) is 4.16. The minimum absolute atomic E-state index is 0.0491. The van der Waals surface area contributed by atoms with E-state index in [9.17, 15) is 8.42 Å². The Labute approximate surface area is 124 Å². The maximum absolute atomic E-state index is 12.2. The first kappa shape index (κ1) is 13.6. The molecule has 0 atom stereocenters. The molecule has 2 aromatic heterocycles. The van der Waals surface area contributed by atoms with Crippen molar-refractivity contribution in [2.24, 2.45) is 0 Å². The predicted molar refractivity (Wildman–Crippen MR) is 75.8 cm³/mol. The quantitative estimate of drug-likeness (QED) is 0.755. The second kappa shape index (κ2) is 5.19. The van der Waals surface area contributed by atoms with E-state index in [1.165, 1.54) is 35.7 Å². The van der Waals surface area contributed by atoms with Gasteiger partial charge in [-0.2, -0.15) is 18.6 Å². The predicted octanol–water partition coefficient (Wildman–Crippen LogP) is 1.44. The van der Waals surface area contributed by atoms with Gasteiger partial charge in [0, 0.05) is 5.02 Å². The number of hydrogen-bond acceptors (Lipinski definition) is 5. The van der Waals surface area contributed by atoms with Crippen molar-refractivity contribution in [3.8, 4) is 5.69 Å². The van der Waals surface area contributed by atoms with Crippen LogP contribution in [-0.2, 0) is 10.0 Å². The Morgan fingerprint density at radius 2 is 2.14 bits per heavy atom. The lowest BCUT2D eigenvalue weighted by atomic mass is 10.3. The minimum Gasteiger partial charge on any atom is -0.276 e. The Balaban J connectivity index is 2.05. The highest BCUT2D eigenvalue weighted by Crippen LogP contribution is 2.26. The Morgan fingerprint density at radius 3 is 2.81 bits per heavy atom. The molecule has 0 radical (unpaired) electrons. The van der Waals surface area contributed by atoms with Crippen molar-refractivity contribution in [1.82, 2.24) is 25.0 Å². The molecule has 1 aromatic carbocycles. The molecule has 0 saturated heterocycles. The summed E-state index contributed by atoms with van der Waals surface area (Å²) in [5, 5.41) is 10.3. The van der Waals surface area contributed by atoms with E-state index in [4.69, 9.17) is 11.6 Å². The van der Waals surface area contributed by atoms with Crippen molar-refractivity contribution in [1.29, 1.82) is 0 Å². The smallest absolute Gasteiger partial charge is 0.276 e. The first-order chi connectivity index (χ1) is 10.1. The van der Waals surface area contributed by atoms with E-state index in [-0.39, 0.29) is 10.7 Å². The molecule has 8 nitrogen and oxygen atoms in total. The zero-order valence-electron chi connectivity index (χ0n) is 10.4. The van der Waals surface area contributed by atoms with Crippen LogP contribution in [0.5, 0.6) is 0 Å². The largest absolute Gasteiger partial charge is 0.278 e. The fourth-order valence-corrected chi connectivity index (χ4v) is 2.86. The molecule has 0 amide bonds. The van der Waals surface area contributed by atoms with E-state index in [0.29, 0.717) is 10.7 Å². The highest BCUT2D eigenvalue weighted by atomic mass is 35.5. The highest BCUT2D eigenvalue weighted by Gasteiger charge is 2.18. The summed E-state index contributed by atoms with van der Waals surface area (Å²) < 4.78 is 28.3. The second-order valence-corrected chi connectivity index (χ2v) is 6.12. The molecule has 0 aliphatic rings. The van der Waals surface area contributed by atoms with E-state index in [1.54, 1.807) is 12.1 Å². The van der Waals surface area contributed by atoms with Crippen LogP contribution in [0.3, 0.4) is 0 Å². The molecular weight excluding hydrogens is 316 g/mol. The SMILES string of the molecule is O=S(=O)(Nc1cc(Cl)ccc1-n1cncn1)c1ccn[nH]1. The number of nitrogens with one attached hydrogen (secondary N) is 2. The first-order valence-corrected chi connectivity index (χ1v) is 7.59. The van der Waals surface area contributed by atoms with Gasteiger partial charge in [-0.1, -0.05) is 11.6 Å². The van der Waals surface area contributed by atoms with Crippen molar-refractivity contribution in [2.75, 3.05) is 4.72 Å². The van der Waals surface area contributed by atoms with E-state index in [0.717, 1.165) is 0 Å². The molecule has 10 heteroatoms. The number of sulfonamides is 1. The number of anilines is 1. The van der Waals surface area contributed by atoms with Crippen LogP contribution in [0.25, 0.3) is 5.69 Å². The lowest BCUT2D eigenvalue weighted by Gasteiger charge is -2.11. The first-order valence-electron chi connectivity index (χ1n) is 5.73. The van der Waals surface area contributed by atoms with Crippen LogP contribution in [0.2, 0.25) is 5.02 Å². The molecular formula is C11H9ClN6O2S. The van der Waals surface area contributed by atoms with Crippen molar-refractivity contribution in [3.05, 3.63) is 48.1 Å². The fraction of sp³-hybridized carbons (Fsp3) is 0. The molecule has 0 spiro atoms. The van der Waals surface area contributed by atoms with Gasteiger partial charge in [0.1, 0.15) is 12.7 Å². The Kier molecular flexibility index (Phi) is 3.35. The second-order valence-electron chi connectivity index (χ2n) is 4.03. The standard InChI is InChI=1S/C11H9ClN6O2S/c12-8-1-2-10(18-7-13-6-15-18)9(5-8)17-21(19,20)11-3-4-14-16-11/h1-7,17H,(H,14,16). The highest BCUT2D eigenvalue weighted by molar-refractivity contribution is 7.92. The molecule has 0 aliphatic heterocycles. The summed E-state index contributed by atoms with van der Waals surface area (Å²) >= 11 is 5.93. The van der Waals surface area contributed by atoms with Gasteiger partial charge in [0.2, 0.25) is 0 Å². The molecule has 108 valence electrons. The maximum atomic E-state index is 12.2. The maximum Gasteiger partial charge on any atom is 0.278 e. The molecule has 3 aromatic rings.